The van der Waals surface area contributed by atoms with E-state index in [-0.39, 0.29) is 24.1 Å². The third-order valence-corrected chi connectivity index (χ3v) is 4.55. The lowest BCUT2D eigenvalue weighted by molar-refractivity contribution is -0.385. The molecule has 2 aromatic carbocycles. The van der Waals surface area contributed by atoms with E-state index in [4.69, 9.17) is 4.74 Å². The average Bonchev–Trinajstić information content (AvgIpc) is 3.15. The molecule has 1 atom stereocenters. The van der Waals surface area contributed by atoms with Crippen LogP contribution in [0.4, 0.5) is 5.69 Å². The van der Waals surface area contributed by atoms with Gasteiger partial charge in [-0.3, -0.25) is 14.9 Å². The summed E-state index contributed by atoms with van der Waals surface area (Å²) in [5.74, 6) is -0.126. The number of hydrogen-bond acceptors (Lipinski definition) is 4. The zero-order valence-corrected chi connectivity index (χ0v) is 14.5. The lowest BCUT2D eigenvalue weighted by atomic mass is 10.1. The van der Waals surface area contributed by atoms with E-state index in [1.807, 2.05) is 30.3 Å². The molecular weight excluding hydrogens is 332 g/mol. The van der Waals surface area contributed by atoms with Gasteiger partial charge in [0.25, 0.3) is 5.69 Å². The van der Waals surface area contributed by atoms with E-state index >= 15 is 0 Å². The summed E-state index contributed by atoms with van der Waals surface area (Å²) in [7, 11) is 0. The van der Waals surface area contributed by atoms with Crippen molar-refractivity contribution in [2.45, 2.75) is 31.9 Å². The van der Waals surface area contributed by atoms with Crippen LogP contribution in [0.25, 0.3) is 0 Å². The van der Waals surface area contributed by atoms with Gasteiger partial charge in [-0.25, -0.2) is 0 Å². The van der Waals surface area contributed by atoms with Gasteiger partial charge in [0, 0.05) is 31.3 Å². The average molecular weight is 354 g/mol. The molecule has 0 spiro atoms. The Bertz CT molecular complexity index is 757. The van der Waals surface area contributed by atoms with Gasteiger partial charge in [0.2, 0.25) is 5.91 Å². The van der Waals surface area contributed by atoms with Gasteiger partial charge in [-0.05, 0) is 18.4 Å². The molecule has 26 heavy (non-hydrogen) atoms. The smallest absolute Gasteiger partial charge is 0.273 e. The van der Waals surface area contributed by atoms with E-state index in [1.54, 1.807) is 23.1 Å². The first-order chi connectivity index (χ1) is 12.6. The second kappa shape index (κ2) is 8.58. The summed E-state index contributed by atoms with van der Waals surface area (Å²) in [4.78, 5) is 25.4. The Balaban J connectivity index is 1.76. The molecule has 0 aliphatic carbocycles. The van der Waals surface area contributed by atoms with Crippen molar-refractivity contribution in [3.05, 3.63) is 75.8 Å². The molecule has 1 aliphatic heterocycles. The van der Waals surface area contributed by atoms with Gasteiger partial charge >= 0.3 is 0 Å². The van der Waals surface area contributed by atoms with Crippen molar-refractivity contribution in [2.75, 3.05) is 13.2 Å². The summed E-state index contributed by atoms with van der Waals surface area (Å²) in [6, 6.07) is 16.2. The zero-order valence-electron chi connectivity index (χ0n) is 14.5. The fraction of sp³-hybridized carbons (Fsp3) is 0.350. The quantitative estimate of drug-likeness (QED) is 0.565. The van der Waals surface area contributed by atoms with Crippen LogP contribution in [0.1, 0.15) is 24.0 Å². The number of nitro groups is 1. The number of rotatable bonds is 7. The van der Waals surface area contributed by atoms with E-state index < -0.39 is 4.92 Å². The van der Waals surface area contributed by atoms with Gasteiger partial charge in [-0.1, -0.05) is 48.5 Å². The summed E-state index contributed by atoms with van der Waals surface area (Å²) in [6.07, 6.45) is 1.98. The predicted molar refractivity (Wildman–Crippen MR) is 97.6 cm³/mol. The maximum absolute atomic E-state index is 12.9. The molecule has 1 unspecified atom stereocenters. The Labute approximate surface area is 152 Å². The number of carbonyl (C=O) groups excluding carboxylic acids is 1. The number of hydrogen-bond donors (Lipinski definition) is 0. The monoisotopic (exact) mass is 354 g/mol. The number of benzene rings is 2. The molecule has 1 fully saturated rings. The molecule has 1 heterocycles. The first kappa shape index (κ1) is 18.1. The highest BCUT2D eigenvalue weighted by molar-refractivity contribution is 5.80. The zero-order chi connectivity index (χ0) is 18.4. The van der Waals surface area contributed by atoms with Crippen molar-refractivity contribution in [1.29, 1.82) is 0 Å². The van der Waals surface area contributed by atoms with E-state index in [0.717, 1.165) is 25.0 Å². The SMILES string of the molecule is O=C(Cc1ccccc1[N+](=O)[O-])N(Cc1ccccc1)CC1CCCO1. The number of amides is 1. The summed E-state index contributed by atoms with van der Waals surface area (Å²) < 4.78 is 5.68. The Kier molecular flexibility index (Phi) is 5.96. The Morgan fingerprint density at radius 2 is 1.88 bits per heavy atom. The van der Waals surface area contributed by atoms with Gasteiger partial charge in [0.15, 0.2) is 0 Å². The Morgan fingerprint density at radius 1 is 1.15 bits per heavy atom. The molecule has 1 aliphatic rings. The van der Waals surface area contributed by atoms with Crippen LogP contribution in [0, 0.1) is 10.1 Å². The van der Waals surface area contributed by atoms with Crippen molar-refractivity contribution in [2.24, 2.45) is 0 Å². The van der Waals surface area contributed by atoms with Crippen LogP contribution in [-0.2, 0) is 22.5 Å². The molecule has 0 bridgehead atoms. The summed E-state index contributed by atoms with van der Waals surface area (Å²) in [5, 5.41) is 11.2. The lowest BCUT2D eigenvalue weighted by Crippen LogP contribution is -2.37. The second-order valence-corrected chi connectivity index (χ2v) is 6.46. The fourth-order valence-corrected chi connectivity index (χ4v) is 3.21. The molecule has 3 rings (SSSR count). The van der Waals surface area contributed by atoms with Crippen molar-refractivity contribution >= 4 is 11.6 Å². The Morgan fingerprint density at radius 3 is 2.58 bits per heavy atom. The van der Waals surface area contributed by atoms with Crippen molar-refractivity contribution in [1.82, 2.24) is 4.90 Å². The van der Waals surface area contributed by atoms with E-state index in [2.05, 4.69) is 0 Å². The maximum atomic E-state index is 12.9. The standard InChI is InChI=1S/C20H22N2O4/c23-20(13-17-9-4-5-11-19(17)22(24)25)21(15-18-10-6-12-26-18)14-16-7-2-1-3-8-16/h1-5,7-9,11,18H,6,10,12-15H2. The van der Waals surface area contributed by atoms with Gasteiger partial charge in [0.1, 0.15) is 0 Å². The molecule has 0 N–H and O–H groups in total. The van der Waals surface area contributed by atoms with Gasteiger partial charge < -0.3 is 9.64 Å². The molecule has 136 valence electrons. The first-order valence-corrected chi connectivity index (χ1v) is 8.79. The number of nitrogens with zero attached hydrogens (tertiary/aromatic N) is 2. The lowest BCUT2D eigenvalue weighted by Gasteiger charge is -2.26. The number of nitro benzene ring substituents is 1. The third-order valence-electron chi connectivity index (χ3n) is 4.55. The van der Waals surface area contributed by atoms with Crippen LogP contribution >= 0.6 is 0 Å². The summed E-state index contributed by atoms with van der Waals surface area (Å²) >= 11 is 0. The number of carbonyl (C=O) groups is 1. The van der Waals surface area contributed by atoms with E-state index in [0.29, 0.717) is 18.7 Å². The first-order valence-electron chi connectivity index (χ1n) is 8.79. The fourth-order valence-electron chi connectivity index (χ4n) is 3.21. The molecule has 1 saturated heterocycles. The van der Waals surface area contributed by atoms with Crippen molar-refractivity contribution in [3.63, 3.8) is 0 Å². The highest BCUT2D eigenvalue weighted by Crippen LogP contribution is 2.21. The van der Waals surface area contributed by atoms with Crippen LogP contribution < -0.4 is 0 Å². The van der Waals surface area contributed by atoms with E-state index in [9.17, 15) is 14.9 Å². The molecule has 1 amide bonds. The van der Waals surface area contributed by atoms with Crippen LogP contribution in [0.3, 0.4) is 0 Å². The van der Waals surface area contributed by atoms with E-state index in [1.165, 1.54) is 6.07 Å². The predicted octanol–water partition coefficient (Wildman–Crippen LogP) is 3.35. The Hall–Kier alpha value is -2.73. The largest absolute Gasteiger partial charge is 0.376 e. The van der Waals surface area contributed by atoms with Crippen LogP contribution in [0.2, 0.25) is 0 Å². The molecule has 2 aromatic rings. The van der Waals surface area contributed by atoms with Crippen molar-refractivity contribution in [3.8, 4) is 0 Å². The molecule has 0 aromatic heterocycles. The highest BCUT2D eigenvalue weighted by Gasteiger charge is 2.24. The summed E-state index contributed by atoms with van der Waals surface area (Å²) in [5.41, 5.74) is 1.45. The molecular formula is C20H22N2O4. The summed E-state index contributed by atoms with van der Waals surface area (Å²) in [6.45, 7) is 1.71. The van der Waals surface area contributed by atoms with Crippen LogP contribution in [0.15, 0.2) is 54.6 Å². The third kappa shape index (κ3) is 4.67. The number of ether oxygens (including phenoxy) is 1. The topological polar surface area (TPSA) is 72.7 Å². The molecule has 6 heteroatoms. The van der Waals surface area contributed by atoms with Gasteiger partial charge in [0.05, 0.1) is 17.4 Å². The minimum atomic E-state index is -0.440. The highest BCUT2D eigenvalue weighted by atomic mass is 16.6. The molecule has 0 saturated carbocycles. The molecule has 6 nitrogen and oxygen atoms in total. The minimum Gasteiger partial charge on any atom is -0.376 e. The minimum absolute atomic E-state index is 0.0106. The van der Waals surface area contributed by atoms with Gasteiger partial charge in [-0.15, -0.1) is 0 Å². The maximum Gasteiger partial charge on any atom is 0.273 e. The van der Waals surface area contributed by atoms with Gasteiger partial charge in [-0.2, -0.15) is 0 Å². The normalized spacial score (nSPS) is 16.4. The second-order valence-electron chi connectivity index (χ2n) is 6.46. The number of para-hydroxylation sites is 1. The van der Waals surface area contributed by atoms with Crippen LogP contribution in [-0.4, -0.2) is 35.0 Å². The molecule has 0 radical (unpaired) electrons. The van der Waals surface area contributed by atoms with Crippen molar-refractivity contribution < 1.29 is 14.5 Å². The van der Waals surface area contributed by atoms with Crippen LogP contribution in [0.5, 0.6) is 0 Å².